The van der Waals surface area contributed by atoms with Gasteiger partial charge in [-0.3, -0.25) is 9.80 Å². The highest BCUT2D eigenvalue weighted by Crippen LogP contribution is 2.45. The first-order valence-electron chi connectivity index (χ1n) is 16.5. The number of ether oxygens (including phenoxy) is 6. The van der Waals surface area contributed by atoms with Crippen LogP contribution in [-0.2, 0) is 25.7 Å². The molecule has 2 N–H and O–H groups in total. The summed E-state index contributed by atoms with van der Waals surface area (Å²) in [5, 5.41) is 21.3. The number of phenols is 2. The zero-order valence-electron chi connectivity index (χ0n) is 29.3. The van der Waals surface area contributed by atoms with Crippen molar-refractivity contribution in [3.8, 4) is 51.7 Å². The van der Waals surface area contributed by atoms with Crippen molar-refractivity contribution in [2.45, 2.75) is 37.8 Å². The van der Waals surface area contributed by atoms with E-state index in [0.29, 0.717) is 53.1 Å². The van der Waals surface area contributed by atoms with Gasteiger partial charge in [-0.25, -0.2) is 0 Å². The topological polar surface area (TPSA) is 102 Å². The number of hydrogen-bond donors (Lipinski definition) is 2. The molecular formula is C39H46N2O8. The lowest BCUT2D eigenvalue weighted by Gasteiger charge is -2.35. The van der Waals surface area contributed by atoms with E-state index in [1.165, 1.54) is 5.56 Å². The Bertz CT molecular complexity index is 1830. The van der Waals surface area contributed by atoms with E-state index in [2.05, 4.69) is 30.0 Å². The lowest BCUT2D eigenvalue weighted by atomic mass is 9.88. The Morgan fingerprint density at radius 1 is 0.551 bits per heavy atom. The first-order chi connectivity index (χ1) is 23.7. The van der Waals surface area contributed by atoms with E-state index in [1.807, 2.05) is 48.5 Å². The van der Waals surface area contributed by atoms with E-state index in [-0.39, 0.29) is 23.6 Å². The summed E-state index contributed by atoms with van der Waals surface area (Å²) in [7, 11) is 12.2. The van der Waals surface area contributed by atoms with Crippen LogP contribution < -0.4 is 28.4 Å². The zero-order chi connectivity index (χ0) is 34.8. The number of benzene rings is 4. The van der Waals surface area contributed by atoms with Crippen LogP contribution >= 0.6 is 0 Å². The second-order valence-electron chi connectivity index (χ2n) is 12.7. The van der Waals surface area contributed by atoms with Gasteiger partial charge in [0.05, 0.1) is 35.5 Å². The number of aromatic hydroxyl groups is 2. The summed E-state index contributed by atoms with van der Waals surface area (Å²) in [6.07, 6.45) is 3.02. The Kier molecular flexibility index (Phi) is 9.99. The summed E-state index contributed by atoms with van der Waals surface area (Å²) in [4.78, 5) is 4.61. The van der Waals surface area contributed by atoms with Crippen LogP contribution in [0.4, 0.5) is 0 Å². The summed E-state index contributed by atoms with van der Waals surface area (Å²) in [5.41, 5.74) is 6.44. The molecule has 0 spiro atoms. The van der Waals surface area contributed by atoms with Crippen LogP contribution in [0.1, 0.15) is 45.5 Å². The van der Waals surface area contributed by atoms with Crippen LogP contribution in [0.25, 0.3) is 0 Å². The highest BCUT2D eigenvalue weighted by atomic mass is 16.5. The Morgan fingerprint density at radius 3 is 1.59 bits per heavy atom. The van der Waals surface area contributed by atoms with Crippen LogP contribution in [0.5, 0.6) is 51.7 Å². The smallest absolute Gasteiger partial charge is 0.169 e. The molecule has 2 heterocycles. The number of phenolic OH excluding ortho intramolecular Hbond substituents is 2. The third-order valence-corrected chi connectivity index (χ3v) is 9.99. The van der Waals surface area contributed by atoms with E-state index in [1.54, 1.807) is 35.5 Å². The molecule has 0 aromatic heterocycles. The Labute approximate surface area is 288 Å². The number of fused-ring (bicyclic) bond motifs is 2. The molecule has 2 atom stereocenters. The maximum atomic E-state index is 10.7. The van der Waals surface area contributed by atoms with Crippen molar-refractivity contribution in [2.75, 3.05) is 62.7 Å². The number of rotatable bonds is 11. The number of hydrogen-bond acceptors (Lipinski definition) is 10. The van der Waals surface area contributed by atoms with Gasteiger partial charge in [0, 0.05) is 36.8 Å². The minimum absolute atomic E-state index is 0.0359. The number of nitrogens with zero attached hydrogens (tertiary/aromatic N) is 2. The third-order valence-electron chi connectivity index (χ3n) is 9.99. The molecular weight excluding hydrogens is 624 g/mol. The largest absolute Gasteiger partial charge is 0.504 e. The average Bonchev–Trinajstić information content (AvgIpc) is 3.10. The maximum Gasteiger partial charge on any atom is 0.169 e. The van der Waals surface area contributed by atoms with Crippen molar-refractivity contribution in [2.24, 2.45) is 0 Å². The van der Waals surface area contributed by atoms with Gasteiger partial charge in [-0.05, 0) is 110 Å². The molecule has 4 aromatic rings. The maximum absolute atomic E-state index is 10.7. The van der Waals surface area contributed by atoms with Crippen molar-refractivity contribution in [1.29, 1.82) is 0 Å². The SMILES string of the molecule is COc1cc2c(cc1O)[C@@H](Cc1ccc(OC)c(Oc3cc(OC)c(OC)cc3C[C@@H]3c4cc(O)c(OC)cc4CCN3C)c1)N(C)CC2. The van der Waals surface area contributed by atoms with Crippen LogP contribution in [0.15, 0.2) is 54.6 Å². The lowest BCUT2D eigenvalue weighted by Crippen LogP contribution is -2.33. The van der Waals surface area contributed by atoms with Crippen molar-refractivity contribution in [1.82, 2.24) is 9.80 Å². The van der Waals surface area contributed by atoms with E-state index >= 15 is 0 Å². The summed E-state index contributed by atoms with van der Waals surface area (Å²) in [6, 6.07) is 17.4. The van der Waals surface area contributed by atoms with Crippen molar-refractivity contribution >= 4 is 0 Å². The van der Waals surface area contributed by atoms with Crippen LogP contribution in [0.3, 0.4) is 0 Å². The summed E-state index contributed by atoms with van der Waals surface area (Å²) < 4.78 is 34.8. The fourth-order valence-corrected chi connectivity index (χ4v) is 7.18. The fraction of sp³-hybridized carbons (Fsp3) is 0.385. The van der Waals surface area contributed by atoms with Gasteiger partial charge in [-0.15, -0.1) is 0 Å². The second-order valence-corrected chi connectivity index (χ2v) is 12.7. The summed E-state index contributed by atoms with van der Waals surface area (Å²) >= 11 is 0. The molecule has 6 rings (SSSR count). The molecule has 4 aromatic carbocycles. The summed E-state index contributed by atoms with van der Waals surface area (Å²) in [6.45, 7) is 1.75. The van der Waals surface area contributed by atoms with Gasteiger partial charge in [0.15, 0.2) is 46.0 Å². The van der Waals surface area contributed by atoms with Gasteiger partial charge in [-0.2, -0.15) is 0 Å². The minimum Gasteiger partial charge on any atom is -0.504 e. The highest BCUT2D eigenvalue weighted by molar-refractivity contribution is 5.56. The standard InChI is InChI=1S/C39H46N2O8/c1-40-12-10-24-17-35(45-4)31(42)20-27(24)29(40)14-23-8-9-33(44-3)39(15-23)49-34-22-38(48-7)37(47-6)19-26(34)16-30-28-21-32(43)36(46-5)18-25(28)11-13-41(30)2/h8-9,15,17-22,29-30,42-43H,10-14,16H2,1-7H3/t29-,30-/m1/s1. The van der Waals surface area contributed by atoms with Gasteiger partial charge < -0.3 is 38.6 Å². The number of likely N-dealkylation sites (N-methyl/N-ethyl adjacent to an activating group) is 2. The monoisotopic (exact) mass is 670 g/mol. The quantitative estimate of drug-likeness (QED) is 0.185. The Balaban J connectivity index is 1.36. The van der Waals surface area contributed by atoms with Gasteiger partial charge in [-0.1, -0.05) is 6.07 Å². The Morgan fingerprint density at radius 2 is 1.06 bits per heavy atom. The predicted molar refractivity (Wildman–Crippen MR) is 187 cm³/mol. The molecule has 10 nitrogen and oxygen atoms in total. The first-order valence-corrected chi connectivity index (χ1v) is 16.5. The molecule has 10 heteroatoms. The molecule has 2 aliphatic heterocycles. The molecule has 0 radical (unpaired) electrons. The molecule has 0 bridgehead atoms. The van der Waals surface area contributed by atoms with Gasteiger partial charge >= 0.3 is 0 Å². The predicted octanol–water partition coefficient (Wildman–Crippen LogP) is 6.48. The number of methoxy groups -OCH3 is 5. The molecule has 2 aliphatic rings. The van der Waals surface area contributed by atoms with Crippen molar-refractivity contribution < 1.29 is 38.6 Å². The van der Waals surface area contributed by atoms with Crippen LogP contribution in [-0.4, -0.2) is 82.7 Å². The normalized spacial score (nSPS) is 17.5. The van der Waals surface area contributed by atoms with E-state index < -0.39 is 0 Å². The molecule has 0 amide bonds. The Hall–Kier alpha value is -4.80. The molecule has 0 aliphatic carbocycles. The molecule has 0 unspecified atom stereocenters. The van der Waals surface area contributed by atoms with E-state index in [9.17, 15) is 10.2 Å². The van der Waals surface area contributed by atoms with Crippen LogP contribution in [0.2, 0.25) is 0 Å². The fourth-order valence-electron chi connectivity index (χ4n) is 7.18. The van der Waals surface area contributed by atoms with Gasteiger partial charge in [0.2, 0.25) is 0 Å². The zero-order valence-corrected chi connectivity index (χ0v) is 29.3. The minimum atomic E-state index is -0.0359. The average molecular weight is 671 g/mol. The van der Waals surface area contributed by atoms with Gasteiger partial charge in [0.1, 0.15) is 5.75 Å². The molecule has 260 valence electrons. The molecule has 0 saturated carbocycles. The lowest BCUT2D eigenvalue weighted by molar-refractivity contribution is 0.226. The molecule has 49 heavy (non-hydrogen) atoms. The van der Waals surface area contributed by atoms with Crippen molar-refractivity contribution in [3.63, 3.8) is 0 Å². The van der Waals surface area contributed by atoms with E-state index in [4.69, 9.17) is 28.4 Å². The molecule has 0 saturated heterocycles. The summed E-state index contributed by atoms with van der Waals surface area (Å²) in [5.74, 6) is 4.16. The van der Waals surface area contributed by atoms with Crippen LogP contribution in [0, 0.1) is 0 Å². The highest BCUT2D eigenvalue weighted by Gasteiger charge is 2.30. The van der Waals surface area contributed by atoms with E-state index in [0.717, 1.165) is 53.7 Å². The third kappa shape index (κ3) is 6.75. The molecule has 0 fully saturated rings. The first kappa shape index (κ1) is 34.1. The second kappa shape index (κ2) is 14.4. The van der Waals surface area contributed by atoms with Crippen molar-refractivity contribution in [3.05, 3.63) is 88.0 Å². The van der Waals surface area contributed by atoms with Gasteiger partial charge in [0.25, 0.3) is 0 Å².